The molecule has 0 amide bonds. The molecule has 0 bridgehead atoms. The largest absolute Gasteiger partial charge is 0.342 e. The van der Waals surface area contributed by atoms with Gasteiger partial charge in [-0.25, -0.2) is 8.42 Å². The molecule has 0 fully saturated rings. The van der Waals surface area contributed by atoms with Gasteiger partial charge < -0.3 is 9.80 Å². The van der Waals surface area contributed by atoms with E-state index in [9.17, 15) is 8.42 Å². The highest BCUT2D eigenvalue weighted by molar-refractivity contribution is 7.92. The maximum Gasteiger partial charge on any atom is 0.261 e. The van der Waals surface area contributed by atoms with Gasteiger partial charge in [-0.15, -0.1) is 0 Å². The Bertz CT molecular complexity index is 2050. The van der Waals surface area contributed by atoms with Crippen molar-refractivity contribution in [1.82, 2.24) is 0 Å². The zero-order chi connectivity index (χ0) is 28.1. The number of hydrogen-bond donors (Lipinski definition) is 1. The van der Waals surface area contributed by atoms with Crippen molar-refractivity contribution in [2.75, 3.05) is 21.6 Å². The van der Waals surface area contributed by atoms with Crippen molar-refractivity contribution < 1.29 is 8.42 Å². The molecule has 0 spiro atoms. The molecule has 1 N–H and O–H groups in total. The fraction of sp³-hybridized carbons (Fsp3) is 0.0571. The summed E-state index contributed by atoms with van der Waals surface area (Å²) in [5.74, 6) is 0. The van der Waals surface area contributed by atoms with Crippen LogP contribution in [0.3, 0.4) is 0 Å². The lowest BCUT2D eigenvalue weighted by Gasteiger charge is -2.25. The normalized spacial score (nSPS) is 13.1. The van der Waals surface area contributed by atoms with Crippen LogP contribution in [-0.2, 0) is 10.0 Å². The van der Waals surface area contributed by atoms with E-state index in [0.29, 0.717) is 5.69 Å². The monoisotopic (exact) mass is 553 g/mol. The van der Waals surface area contributed by atoms with Gasteiger partial charge in [-0.3, -0.25) is 4.72 Å². The van der Waals surface area contributed by atoms with E-state index in [-0.39, 0.29) is 4.90 Å². The maximum absolute atomic E-state index is 13.7. The van der Waals surface area contributed by atoms with E-state index < -0.39 is 10.0 Å². The third-order valence-electron chi connectivity index (χ3n) is 7.64. The van der Waals surface area contributed by atoms with Crippen LogP contribution >= 0.6 is 0 Å². The summed E-state index contributed by atoms with van der Waals surface area (Å²) in [6.45, 7) is 5.43. The van der Waals surface area contributed by atoms with E-state index in [1.165, 1.54) is 0 Å². The second kappa shape index (κ2) is 9.68. The second-order valence-corrected chi connectivity index (χ2v) is 12.0. The number of rotatable bonds is 5. The van der Waals surface area contributed by atoms with Crippen LogP contribution < -0.4 is 14.5 Å². The first-order chi connectivity index (χ1) is 19.9. The Balaban J connectivity index is 1.52. The van der Waals surface area contributed by atoms with Crippen LogP contribution in [0.15, 0.2) is 126 Å². The van der Waals surface area contributed by atoms with E-state index in [1.807, 2.05) is 79.5 Å². The molecule has 6 aromatic carbocycles. The Morgan fingerprint density at radius 3 is 1.90 bits per heavy atom. The van der Waals surface area contributed by atoms with Crippen molar-refractivity contribution in [3.05, 3.63) is 134 Å². The maximum atomic E-state index is 13.7. The number of hydrogen-bond acceptors (Lipinski definition) is 4. The van der Waals surface area contributed by atoms with Crippen molar-refractivity contribution >= 4 is 54.3 Å². The average Bonchev–Trinajstić information content (AvgIpc) is 3.33. The molecular formula is C35H27N3O2S. The Morgan fingerprint density at radius 2 is 1.20 bits per heavy atom. The summed E-state index contributed by atoms with van der Waals surface area (Å²) in [4.78, 5) is 4.27. The highest BCUT2D eigenvalue weighted by atomic mass is 32.2. The summed E-state index contributed by atoms with van der Waals surface area (Å²) in [7, 11) is -1.87. The number of anilines is 4. The summed E-state index contributed by atoms with van der Waals surface area (Å²) >= 11 is 0. The van der Waals surface area contributed by atoms with Crippen molar-refractivity contribution in [3.8, 4) is 11.1 Å². The van der Waals surface area contributed by atoms with Gasteiger partial charge in [0.1, 0.15) is 0 Å². The van der Waals surface area contributed by atoms with Crippen molar-refractivity contribution in [2.24, 2.45) is 0 Å². The summed E-state index contributed by atoms with van der Waals surface area (Å²) in [6.07, 6.45) is 0. The highest BCUT2D eigenvalue weighted by Gasteiger charge is 2.30. The van der Waals surface area contributed by atoms with E-state index >= 15 is 0 Å². The molecule has 0 saturated carbocycles. The Morgan fingerprint density at radius 1 is 0.610 bits per heavy atom. The summed E-state index contributed by atoms with van der Waals surface area (Å²) in [5.41, 5.74) is 6.23. The number of fused-ring (bicyclic) bond motifs is 3. The van der Waals surface area contributed by atoms with Gasteiger partial charge in [-0.1, -0.05) is 90.5 Å². The summed E-state index contributed by atoms with van der Waals surface area (Å²) < 4.78 is 30.4. The molecule has 7 rings (SSSR count). The molecule has 6 heteroatoms. The first-order valence-corrected chi connectivity index (χ1v) is 14.9. The van der Waals surface area contributed by atoms with Gasteiger partial charge in [-0.05, 0) is 64.9 Å². The van der Waals surface area contributed by atoms with Crippen LogP contribution in [0.5, 0.6) is 0 Å². The number of nitrogens with one attached hydrogen (secondary N) is 1. The Kier molecular flexibility index (Phi) is 5.94. The third kappa shape index (κ3) is 4.28. The van der Waals surface area contributed by atoms with Crippen molar-refractivity contribution in [2.45, 2.75) is 11.8 Å². The number of aryl methyl sites for hydroxylation is 1. The van der Waals surface area contributed by atoms with Gasteiger partial charge in [0.2, 0.25) is 6.67 Å². The zero-order valence-electron chi connectivity index (χ0n) is 22.7. The number of sulfonamides is 1. The molecule has 0 atom stereocenters. The minimum absolute atomic E-state index is 0.220. The van der Waals surface area contributed by atoms with E-state index in [0.717, 1.165) is 55.3 Å². The smallest absolute Gasteiger partial charge is 0.261 e. The SMILES string of the molecule is Cc1ccc(S(=O)(=O)Nc2ccc3ccccc3c2-c2c(N3[C]N(C)c4ccccc43)ccc3ccccc23)cc1. The van der Waals surface area contributed by atoms with Crippen molar-refractivity contribution in [1.29, 1.82) is 0 Å². The molecule has 200 valence electrons. The number of para-hydroxylation sites is 2. The van der Waals surface area contributed by atoms with Gasteiger partial charge >= 0.3 is 0 Å². The molecule has 0 aromatic heterocycles. The molecule has 41 heavy (non-hydrogen) atoms. The molecule has 2 radical (unpaired) electrons. The van der Waals surface area contributed by atoms with Gasteiger partial charge in [0.05, 0.1) is 27.6 Å². The van der Waals surface area contributed by atoms with E-state index in [4.69, 9.17) is 0 Å². The van der Waals surface area contributed by atoms with Crippen LogP contribution in [0.1, 0.15) is 5.56 Å². The average molecular weight is 554 g/mol. The fourth-order valence-corrected chi connectivity index (χ4v) is 6.71. The molecule has 0 unspecified atom stereocenters. The van der Waals surface area contributed by atoms with Gasteiger partial charge in [0.15, 0.2) is 0 Å². The molecule has 0 aliphatic carbocycles. The van der Waals surface area contributed by atoms with E-state index in [2.05, 4.69) is 64.8 Å². The molecule has 1 aliphatic rings. The Labute approximate surface area is 240 Å². The lowest BCUT2D eigenvalue weighted by molar-refractivity contribution is 0.601. The predicted molar refractivity (Wildman–Crippen MR) is 169 cm³/mol. The molecule has 1 aliphatic heterocycles. The lowest BCUT2D eigenvalue weighted by Crippen LogP contribution is -2.18. The van der Waals surface area contributed by atoms with Crippen molar-refractivity contribution in [3.63, 3.8) is 0 Å². The quantitative estimate of drug-likeness (QED) is 0.233. The zero-order valence-corrected chi connectivity index (χ0v) is 23.5. The van der Waals surface area contributed by atoms with Crippen LogP contribution in [0, 0.1) is 13.6 Å². The van der Waals surface area contributed by atoms with Crippen LogP contribution in [0.2, 0.25) is 0 Å². The number of nitrogens with zero attached hydrogens (tertiary/aromatic N) is 2. The van der Waals surface area contributed by atoms with Gasteiger partial charge in [0.25, 0.3) is 10.0 Å². The first-order valence-electron chi connectivity index (χ1n) is 13.4. The number of benzene rings is 6. The van der Waals surface area contributed by atoms with Crippen LogP contribution in [-0.4, -0.2) is 15.5 Å². The second-order valence-electron chi connectivity index (χ2n) is 10.3. The van der Waals surface area contributed by atoms with Crippen LogP contribution in [0.4, 0.5) is 22.7 Å². The topological polar surface area (TPSA) is 52.7 Å². The highest BCUT2D eigenvalue weighted by Crippen LogP contribution is 2.50. The fourth-order valence-electron chi connectivity index (χ4n) is 5.63. The van der Waals surface area contributed by atoms with E-state index in [1.54, 1.807) is 12.1 Å². The first kappa shape index (κ1) is 25.2. The van der Waals surface area contributed by atoms with Gasteiger partial charge in [0, 0.05) is 18.2 Å². The summed E-state index contributed by atoms with van der Waals surface area (Å²) in [6, 6.07) is 39.5. The summed E-state index contributed by atoms with van der Waals surface area (Å²) in [5, 5.41) is 4.06. The minimum atomic E-state index is -3.86. The van der Waals surface area contributed by atoms with Crippen LogP contribution in [0.25, 0.3) is 32.7 Å². The molecule has 0 saturated heterocycles. The molecule has 1 heterocycles. The predicted octanol–water partition coefficient (Wildman–Crippen LogP) is 8.35. The Hall–Kier alpha value is -4.81. The standard InChI is InChI=1S/C35H27N3O2S/c1-24-15-19-27(20-16-24)41(39,40)36-30-21-17-25-9-3-5-11-28(25)34(30)35-29-12-6-4-10-26(29)18-22-33(35)38-23-37(2)31-13-7-8-14-32(31)38/h3-22,36H,1-2H3. The molecule has 6 aromatic rings. The molecular weight excluding hydrogens is 526 g/mol. The van der Waals surface area contributed by atoms with Gasteiger partial charge in [-0.2, -0.15) is 0 Å². The molecule has 5 nitrogen and oxygen atoms in total. The lowest BCUT2D eigenvalue weighted by atomic mass is 9.90. The minimum Gasteiger partial charge on any atom is -0.342 e. The third-order valence-corrected chi connectivity index (χ3v) is 9.02.